The highest BCUT2D eigenvalue weighted by Crippen LogP contribution is 2.34. The maximum atomic E-state index is 11.5. The number of hydrogen-bond acceptors (Lipinski definition) is 3. The van der Waals surface area contributed by atoms with Gasteiger partial charge in [-0.25, -0.2) is 0 Å². The molecule has 0 spiro atoms. The Morgan fingerprint density at radius 1 is 1.64 bits per heavy atom. The lowest BCUT2D eigenvalue weighted by Crippen LogP contribution is -2.43. The van der Waals surface area contributed by atoms with Crippen LogP contribution in [0.2, 0.25) is 0 Å². The highest BCUT2D eigenvalue weighted by Gasteiger charge is 2.42. The molecule has 1 aliphatic rings. The molecule has 14 heavy (non-hydrogen) atoms. The van der Waals surface area contributed by atoms with E-state index in [9.17, 15) is 4.79 Å². The van der Waals surface area contributed by atoms with Crippen LogP contribution in [0.3, 0.4) is 0 Å². The number of nitrogens with one attached hydrogen (secondary N) is 1. The van der Waals surface area contributed by atoms with Crippen molar-refractivity contribution in [1.29, 1.82) is 0 Å². The predicted octanol–water partition coefficient (Wildman–Crippen LogP) is 0.267. The third-order valence-corrected chi connectivity index (χ3v) is 2.63. The van der Waals surface area contributed by atoms with E-state index in [1.807, 2.05) is 6.92 Å². The summed E-state index contributed by atoms with van der Waals surface area (Å²) in [4.78, 5) is 11.5. The zero-order valence-corrected chi connectivity index (χ0v) is 9.01. The van der Waals surface area contributed by atoms with E-state index < -0.39 is 0 Å². The number of methoxy groups -OCH3 is 1. The minimum Gasteiger partial charge on any atom is -0.384 e. The monoisotopic (exact) mass is 200 g/mol. The van der Waals surface area contributed by atoms with Gasteiger partial charge >= 0.3 is 0 Å². The first-order valence-corrected chi connectivity index (χ1v) is 5.12. The molecule has 0 aromatic carbocycles. The number of rotatable bonds is 6. The Morgan fingerprint density at radius 2 is 2.29 bits per heavy atom. The van der Waals surface area contributed by atoms with Gasteiger partial charge in [-0.2, -0.15) is 0 Å². The SMILES string of the molecule is COCC(C)CC(=O)NC1(CN)CC1. The lowest BCUT2D eigenvalue weighted by Gasteiger charge is -2.16. The maximum Gasteiger partial charge on any atom is 0.220 e. The largest absolute Gasteiger partial charge is 0.384 e. The zero-order chi connectivity index (χ0) is 10.6. The molecule has 0 saturated heterocycles. The third kappa shape index (κ3) is 3.27. The van der Waals surface area contributed by atoms with Crippen molar-refractivity contribution < 1.29 is 9.53 Å². The van der Waals surface area contributed by atoms with Crippen LogP contribution in [0.25, 0.3) is 0 Å². The van der Waals surface area contributed by atoms with Crippen LogP contribution in [0, 0.1) is 5.92 Å². The van der Waals surface area contributed by atoms with E-state index >= 15 is 0 Å². The molecule has 0 aromatic heterocycles. The second kappa shape index (κ2) is 4.75. The summed E-state index contributed by atoms with van der Waals surface area (Å²) < 4.78 is 4.97. The molecule has 3 N–H and O–H groups in total. The van der Waals surface area contributed by atoms with Gasteiger partial charge in [0, 0.05) is 26.7 Å². The fraction of sp³-hybridized carbons (Fsp3) is 0.900. The Kier molecular flexibility index (Phi) is 3.89. The predicted molar refractivity (Wildman–Crippen MR) is 54.8 cm³/mol. The fourth-order valence-electron chi connectivity index (χ4n) is 1.54. The van der Waals surface area contributed by atoms with Gasteiger partial charge in [-0.1, -0.05) is 6.92 Å². The normalized spacial score (nSPS) is 20.2. The fourth-order valence-corrected chi connectivity index (χ4v) is 1.54. The molecule has 1 aliphatic carbocycles. The molecule has 0 bridgehead atoms. The Labute approximate surface area is 85.2 Å². The zero-order valence-electron chi connectivity index (χ0n) is 9.01. The molecule has 1 rings (SSSR count). The van der Waals surface area contributed by atoms with Crippen molar-refractivity contribution in [2.75, 3.05) is 20.3 Å². The molecule has 0 radical (unpaired) electrons. The van der Waals surface area contributed by atoms with Crippen molar-refractivity contribution in [3.63, 3.8) is 0 Å². The van der Waals surface area contributed by atoms with Crippen LogP contribution in [0.4, 0.5) is 0 Å². The first kappa shape index (κ1) is 11.5. The minimum atomic E-state index is -0.0656. The topological polar surface area (TPSA) is 64.3 Å². The number of hydrogen-bond donors (Lipinski definition) is 2. The van der Waals surface area contributed by atoms with Crippen LogP contribution in [-0.4, -0.2) is 31.7 Å². The molecule has 1 amide bonds. The number of amides is 1. The van der Waals surface area contributed by atoms with Gasteiger partial charge in [0.15, 0.2) is 0 Å². The van der Waals surface area contributed by atoms with Crippen LogP contribution in [-0.2, 0) is 9.53 Å². The van der Waals surface area contributed by atoms with E-state index in [1.165, 1.54) is 0 Å². The molecule has 0 aromatic rings. The van der Waals surface area contributed by atoms with Crippen molar-refractivity contribution in [2.24, 2.45) is 11.7 Å². The van der Waals surface area contributed by atoms with Crippen LogP contribution in [0.5, 0.6) is 0 Å². The summed E-state index contributed by atoms with van der Waals surface area (Å²) in [5.74, 6) is 0.367. The number of carbonyl (C=O) groups is 1. The van der Waals surface area contributed by atoms with Gasteiger partial charge in [-0.05, 0) is 18.8 Å². The second-order valence-electron chi connectivity index (χ2n) is 4.30. The third-order valence-electron chi connectivity index (χ3n) is 2.63. The molecule has 0 heterocycles. The van der Waals surface area contributed by atoms with Gasteiger partial charge in [-0.3, -0.25) is 4.79 Å². The van der Waals surface area contributed by atoms with Gasteiger partial charge in [0.25, 0.3) is 0 Å². The van der Waals surface area contributed by atoms with Gasteiger partial charge in [-0.15, -0.1) is 0 Å². The first-order valence-electron chi connectivity index (χ1n) is 5.12. The van der Waals surface area contributed by atoms with Gasteiger partial charge in [0.2, 0.25) is 5.91 Å². The van der Waals surface area contributed by atoms with Gasteiger partial charge in [0.1, 0.15) is 0 Å². The van der Waals surface area contributed by atoms with Crippen molar-refractivity contribution in [3.8, 4) is 0 Å². The lowest BCUT2D eigenvalue weighted by molar-refractivity contribution is -0.123. The van der Waals surface area contributed by atoms with E-state index in [0.717, 1.165) is 12.8 Å². The van der Waals surface area contributed by atoms with Crippen molar-refractivity contribution >= 4 is 5.91 Å². The molecule has 1 atom stereocenters. The molecule has 1 unspecified atom stereocenters. The van der Waals surface area contributed by atoms with E-state index in [1.54, 1.807) is 7.11 Å². The summed E-state index contributed by atoms with van der Waals surface area (Å²) in [7, 11) is 1.65. The smallest absolute Gasteiger partial charge is 0.220 e. The minimum absolute atomic E-state index is 0.0656. The molecule has 1 saturated carbocycles. The lowest BCUT2D eigenvalue weighted by atomic mass is 10.1. The first-order chi connectivity index (χ1) is 6.62. The Hall–Kier alpha value is -0.610. The molecule has 1 fully saturated rings. The van der Waals surface area contributed by atoms with Crippen LogP contribution in [0.1, 0.15) is 26.2 Å². The van der Waals surface area contributed by atoms with Gasteiger partial charge in [0.05, 0.1) is 5.54 Å². The molecule has 0 aliphatic heterocycles. The van der Waals surface area contributed by atoms with E-state index in [2.05, 4.69) is 5.32 Å². The van der Waals surface area contributed by atoms with E-state index in [-0.39, 0.29) is 17.4 Å². The van der Waals surface area contributed by atoms with Crippen LogP contribution in [0.15, 0.2) is 0 Å². The van der Waals surface area contributed by atoms with Gasteiger partial charge < -0.3 is 15.8 Å². The summed E-state index contributed by atoms with van der Waals surface area (Å²) in [5.41, 5.74) is 5.50. The van der Waals surface area contributed by atoms with Crippen LogP contribution >= 0.6 is 0 Å². The molecule has 4 nitrogen and oxygen atoms in total. The number of nitrogens with two attached hydrogens (primary N) is 1. The number of ether oxygens (including phenoxy) is 1. The average Bonchev–Trinajstić information content (AvgIpc) is 2.85. The quantitative estimate of drug-likeness (QED) is 0.646. The van der Waals surface area contributed by atoms with Crippen molar-refractivity contribution in [2.45, 2.75) is 31.7 Å². The summed E-state index contributed by atoms with van der Waals surface area (Å²) >= 11 is 0. The maximum absolute atomic E-state index is 11.5. The highest BCUT2D eigenvalue weighted by molar-refractivity contribution is 5.77. The summed E-state index contributed by atoms with van der Waals surface area (Å²) in [6.45, 7) is 3.19. The Balaban J connectivity index is 2.22. The average molecular weight is 200 g/mol. The van der Waals surface area contributed by atoms with Crippen molar-refractivity contribution in [1.82, 2.24) is 5.32 Å². The highest BCUT2D eigenvalue weighted by atomic mass is 16.5. The van der Waals surface area contributed by atoms with Crippen LogP contribution < -0.4 is 11.1 Å². The molecular formula is C10H20N2O2. The number of carbonyl (C=O) groups excluding carboxylic acids is 1. The molecule has 82 valence electrons. The Bertz CT molecular complexity index is 202. The second-order valence-corrected chi connectivity index (χ2v) is 4.30. The summed E-state index contributed by atoms with van der Waals surface area (Å²) in [5, 5.41) is 2.99. The molecule has 4 heteroatoms. The summed E-state index contributed by atoms with van der Waals surface area (Å²) in [6, 6.07) is 0. The Morgan fingerprint density at radius 3 is 2.71 bits per heavy atom. The standard InChI is InChI=1S/C10H20N2O2/c1-8(6-14-2)5-9(13)12-10(7-11)3-4-10/h8H,3-7,11H2,1-2H3,(H,12,13). The van der Waals surface area contributed by atoms with E-state index in [0.29, 0.717) is 19.6 Å². The van der Waals surface area contributed by atoms with Crippen molar-refractivity contribution in [3.05, 3.63) is 0 Å². The summed E-state index contributed by atoms with van der Waals surface area (Å²) in [6.07, 6.45) is 2.57. The molecular weight excluding hydrogens is 180 g/mol. The van der Waals surface area contributed by atoms with E-state index in [4.69, 9.17) is 10.5 Å².